The molecule has 0 saturated carbocycles. The molecule has 0 fully saturated rings. The lowest BCUT2D eigenvalue weighted by molar-refractivity contribution is -0.122. The predicted molar refractivity (Wildman–Crippen MR) is 107 cm³/mol. The van der Waals surface area contributed by atoms with Gasteiger partial charge >= 0.3 is 0 Å². The van der Waals surface area contributed by atoms with E-state index in [1.54, 1.807) is 6.92 Å². The average molecular weight is 412 g/mol. The van der Waals surface area contributed by atoms with E-state index in [9.17, 15) is 19.2 Å². The number of hydrogen-bond acceptors (Lipinski definition) is 8. The Hall–Kier alpha value is -2.07. The van der Waals surface area contributed by atoms with Gasteiger partial charge < -0.3 is 29.6 Å². The fourth-order valence-corrected chi connectivity index (χ4v) is 1.57. The third kappa shape index (κ3) is 28.2. The summed E-state index contributed by atoms with van der Waals surface area (Å²) in [4.78, 5) is 41.9. The van der Waals surface area contributed by atoms with Crippen LogP contribution in [0.1, 0.15) is 33.1 Å². The Bertz CT molecular complexity index is 467. The number of rotatable bonds is 15. The highest BCUT2D eigenvalue weighted by Crippen LogP contribution is 1.85. The number of hydrogen-bond donors (Lipinski definition) is 2. The Morgan fingerprint density at radius 1 is 0.690 bits per heavy atom. The van der Waals surface area contributed by atoms with Crippen LogP contribution in [0.25, 0.3) is 0 Å². The summed E-state index contributed by atoms with van der Waals surface area (Å²) >= 11 is 0. The molecule has 4 radical (unpaired) electrons. The second kappa shape index (κ2) is 22.2. The van der Waals surface area contributed by atoms with Gasteiger partial charge in [0.25, 0.3) is 0 Å². The minimum absolute atomic E-state index is 0.0121. The van der Waals surface area contributed by atoms with Gasteiger partial charge in [-0.15, -0.1) is 0 Å². The number of nitrogens with one attached hydrogen (secondary N) is 2. The topological polar surface area (TPSA) is 129 Å². The predicted octanol–water partition coefficient (Wildman–Crippen LogP) is 0.0587. The van der Waals surface area contributed by atoms with Crippen molar-refractivity contribution in [3.63, 3.8) is 0 Å². The van der Waals surface area contributed by atoms with Gasteiger partial charge in [0.1, 0.15) is 13.2 Å². The lowest BCUT2D eigenvalue weighted by Crippen LogP contribution is -2.27. The van der Waals surface area contributed by atoms with E-state index in [1.165, 1.54) is 0 Å². The summed E-state index contributed by atoms with van der Waals surface area (Å²) in [6.45, 7) is 6.28. The van der Waals surface area contributed by atoms with Crippen LogP contribution in [0.3, 0.4) is 0 Å². The van der Waals surface area contributed by atoms with Gasteiger partial charge in [0.2, 0.25) is 39.2 Å². The van der Waals surface area contributed by atoms with Gasteiger partial charge in [-0.2, -0.15) is 0 Å². The van der Waals surface area contributed by atoms with Crippen molar-refractivity contribution in [2.45, 2.75) is 33.1 Å². The maximum atomic E-state index is 11.0. The van der Waals surface area contributed by atoms with E-state index in [1.807, 2.05) is 6.92 Å². The second-order valence-corrected chi connectivity index (χ2v) is 5.36. The quantitative estimate of drug-likeness (QED) is 0.286. The van der Waals surface area contributed by atoms with E-state index in [-0.39, 0.29) is 38.2 Å². The summed E-state index contributed by atoms with van der Waals surface area (Å²) in [7, 11) is 9.45. The van der Waals surface area contributed by atoms with Crippen molar-refractivity contribution in [1.29, 1.82) is 0 Å². The molecule has 2 amide bonds. The number of carbonyl (C=O) groups is 4. The molecule has 29 heavy (non-hydrogen) atoms. The molecule has 0 bridgehead atoms. The number of amides is 2. The molecule has 0 heterocycles. The minimum Gasteiger partial charge on any atom is -0.472 e. The minimum atomic E-state index is -0.812. The van der Waals surface area contributed by atoms with Crippen LogP contribution < -0.4 is 10.6 Å². The van der Waals surface area contributed by atoms with Crippen molar-refractivity contribution in [3.8, 4) is 0 Å². The first kappa shape index (κ1) is 29.1. The summed E-state index contributed by atoms with van der Waals surface area (Å²) in [5.74, 6) is -1.61. The van der Waals surface area contributed by atoms with E-state index in [2.05, 4.69) is 20.1 Å². The summed E-state index contributed by atoms with van der Waals surface area (Å²) in [6, 6.07) is 0. The van der Waals surface area contributed by atoms with E-state index in [0.717, 1.165) is 6.42 Å². The van der Waals surface area contributed by atoms with Crippen molar-refractivity contribution in [2.75, 3.05) is 52.7 Å². The molecule has 0 aliphatic carbocycles. The van der Waals surface area contributed by atoms with Crippen LogP contribution in [-0.4, -0.2) is 92.0 Å². The Morgan fingerprint density at radius 3 is 1.52 bits per heavy atom. The zero-order valence-electron chi connectivity index (χ0n) is 17.2. The zero-order chi connectivity index (χ0) is 22.3. The number of ether oxygens (including phenoxy) is 4. The molecule has 10 nitrogen and oxygen atoms in total. The molecule has 2 N–H and O–H groups in total. The molecule has 0 aliphatic heterocycles. The largest absolute Gasteiger partial charge is 0.472 e. The first-order valence-electron chi connectivity index (χ1n) is 9.36. The van der Waals surface area contributed by atoms with Gasteiger partial charge in [0.15, 0.2) is 0 Å². The van der Waals surface area contributed by atoms with Crippen molar-refractivity contribution in [3.05, 3.63) is 0 Å². The van der Waals surface area contributed by atoms with Crippen LogP contribution >= 0.6 is 0 Å². The van der Waals surface area contributed by atoms with Crippen LogP contribution in [0, 0.1) is 0 Å². The Morgan fingerprint density at radius 2 is 1.14 bits per heavy atom. The van der Waals surface area contributed by atoms with Gasteiger partial charge in [-0.25, -0.2) is 0 Å². The average Bonchev–Trinajstić information content (AvgIpc) is 2.66. The van der Waals surface area contributed by atoms with Gasteiger partial charge in [0.05, 0.1) is 26.4 Å². The third-order valence-corrected chi connectivity index (χ3v) is 2.88. The highest BCUT2D eigenvalue weighted by Gasteiger charge is 1.98. The van der Waals surface area contributed by atoms with Crippen LogP contribution in [0.5, 0.6) is 0 Å². The van der Waals surface area contributed by atoms with Crippen molar-refractivity contribution in [2.24, 2.45) is 0 Å². The molecule has 0 unspecified atom stereocenters. The molecule has 0 rings (SSSR count). The molecular formula is C17H30B2N2O8. The second-order valence-electron chi connectivity index (χ2n) is 5.36. The Kier molecular flexibility index (Phi) is 22.3. The normalized spacial score (nSPS) is 9.59. The van der Waals surface area contributed by atoms with E-state index in [0.29, 0.717) is 39.1 Å². The molecule has 0 spiro atoms. The molecule has 0 aliphatic rings. The standard InChI is InChI=1S/C9H16BNO4.C8H14BNO4/c1-2-3-8(12)11-4-5-14-6-7-15-9(10)13;1-2-7(11)10-3-4-13-5-6-14-8(9)12/h2-7H2,1H3,(H,11,12);2-6H2,1H3,(H,10,11). The maximum absolute atomic E-state index is 11.0. The summed E-state index contributed by atoms with van der Waals surface area (Å²) in [5, 5.41) is 5.32. The smallest absolute Gasteiger partial charge is 0.235 e. The molecule has 0 saturated heterocycles. The van der Waals surface area contributed by atoms with Crippen molar-refractivity contribution < 1.29 is 38.1 Å². The fraction of sp³-hybridized carbons (Fsp3) is 0.765. The summed E-state index contributed by atoms with van der Waals surface area (Å²) < 4.78 is 18.9. The maximum Gasteiger partial charge on any atom is 0.235 e. The monoisotopic (exact) mass is 412 g/mol. The molecule has 162 valence electrons. The van der Waals surface area contributed by atoms with Crippen LogP contribution in [0.4, 0.5) is 9.59 Å². The lowest BCUT2D eigenvalue weighted by Gasteiger charge is -2.06. The summed E-state index contributed by atoms with van der Waals surface area (Å²) in [5.41, 5.74) is 0. The van der Waals surface area contributed by atoms with Gasteiger partial charge in [-0.1, -0.05) is 13.8 Å². The van der Waals surface area contributed by atoms with Crippen molar-refractivity contribution in [1.82, 2.24) is 10.6 Å². The number of carbonyl (C=O) groups excluding carboxylic acids is 4. The third-order valence-electron chi connectivity index (χ3n) is 2.88. The first-order chi connectivity index (χ1) is 13.8. The molecule has 0 aromatic heterocycles. The Balaban J connectivity index is 0. The van der Waals surface area contributed by atoms with Crippen LogP contribution in [0.15, 0.2) is 0 Å². The van der Waals surface area contributed by atoms with Crippen LogP contribution in [0.2, 0.25) is 0 Å². The SMILES string of the molecule is [B]C(=O)OCCOCCNC(=O)CC.[B]C(=O)OCCOCCNC(=O)CCC. The summed E-state index contributed by atoms with van der Waals surface area (Å²) in [6.07, 6.45) is 1.83. The van der Waals surface area contributed by atoms with Gasteiger partial charge in [-0.05, 0) is 6.42 Å². The Labute approximate surface area is 174 Å². The van der Waals surface area contributed by atoms with E-state index >= 15 is 0 Å². The van der Waals surface area contributed by atoms with Gasteiger partial charge in [0, 0.05) is 25.9 Å². The highest BCUT2D eigenvalue weighted by molar-refractivity contribution is 6.55. The van der Waals surface area contributed by atoms with Gasteiger partial charge in [-0.3, -0.25) is 19.2 Å². The molecule has 0 atom stereocenters. The lowest BCUT2D eigenvalue weighted by atomic mass is 10.2. The van der Waals surface area contributed by atoms with E-state index < -0.39 is 11.7 Å². The zero-order valence-corrected chi connectivity index (χ0v) is 17.2. The molecule has 0 aromatic rings. The fourth-order valence-electron chi connectivity index (χ4n) is 1.57. The molecule has 12 heteroatoms. The molecular weight excluding hydrogens is 382 g/mol. The first-order valence-corrected chi connectivity index (χ1v) is 9.36. The molecule has 0 aromatic carbocycles. The van der Waals surface area contributed by atoms with Crippen molar-refractivity contribution >= 4 is 39.2 Å². The highest BCUT2D eigenvalue weighted by atomic mass is 16.6. The van der Waals surface area contributed by atoms with Crippen LogP contribution in [-0.2, 0) is 28.5 Å². The van der Waals surface area contributed by atoms with E-state index in [4.69, 9.17) is 25.2 Å².